The molecular weight excluding hydrogens is 949 g/mol. The molecule has 0 saturated heterocycles. The number of rotatable bonds is 61. The maximum atomic E-state index is 12.8. The molecule has 0 N–H and O–H groups in total. The van der Waals surface area contributed by atoms with Gasteiger partial charge in [-0.15, -0.1) is 0 Å². The van der Waals surface area contributed by atoms with Crippen molar-refractivity contribution >= 4 is 17.9 Å². The van der Waals surface area contributed by atoms with Crippen molar-refractivity contribution in [2.75, 3.05) is 13.2 Å². The lowest BCUT2D eigenvalue weighted by atomic mass is 10.0. The van der Waals surface area contributed by atoms with Crippen molar-refractivity contribution in [1.29, 1.82) is 0 Å². The van der Waals surface area contributed by atoms with Crippen LogP contribution < -0.4 is 0 Å². The number of hydrogen-bond acceptors (Lipinski definition) is 6. The lowest BCUT2D eigenvalue weighted by Crippen LogP contribution is -2.30. The van der Waals surface area contributed by atoms with E-state index in [4.69, 9.17) is 14.2 Å². The molecule has 446 valence electrons. The maximum absolute atomic E-state index is 12.8. The highest BCUT2D eigenvalue weighted by Crippen LogP contribution is 2.18. The Hall–Kier alpha value is -3.15. The molecule has 1 atom stereocenters. The molecule has 0 saturated carbocycles. The Labute approximate surface area is 478 Å². The summed E-state index contributed by atoms with van der Waals surface area (Å²) in [5.74, 6) is -0.856. The first-order valence-electron chi connectivity index (χ1n) is 33.4. The highest BCUT2D eigenvalue weighted by atomic mass is 16.6. The molecule has 0 heterocycles. The van der Waals surface area contributed by atoms with Crippen LogP contribution in [0.4, 0.5) is 0 Å². The largest absolute Gasteiger partial charge is 0.462 e. The van der Waals surface area contributed by atoms with Gasteiger partial charge in [-0.25, -0.2) is 0 Å². The SMILES string of the molecule is CC/C=C\C/C=C\C/C=C\C/C=C\C/C=C\C/C=C\CCCCCCCCCCCCCCCCCCC(=O)OCC(COC(=O)CCCCCCCCC)OC(=O)CCCCCCCCCCCCCCCCCCC. The number of allylic oxidation sites excluding steroid dienone is 12. The Bertz CT molecular complexity index is 1420. The Morgan fingerprint density at radius 1 is 0.273 bits per heavy atom. The second-order valence-corrected chi connectivity index (χ2v) is 22.4. The summed E-state index contributed by atoms with van der Waals surface area (Å²) in [5.41, 5.74) is 0. The van der Waals surface area contributed by atoms with E-state index < -0.39 is 6.10 Å². The van der Waals surface area contributed by atoms with Crippen LogP contribution in [0.1, 0.15) is 342 Å². The van der Waals surface area contributed by atoms with E-state index in [0.29, 0.717) is 19.3 Å². The van der Waals surface area contributed by atoms with Crippen molar-refractivity contribution < 1.29 is 28.6 Å². The molecule has 0 aromatic carbocycles. The summed E-state index contributed by atoms with van der Waals surface area (Å²) in [6.07, 6.45) is 85.2. The van der Waals surface area contributed by atoms with E-state index in [1.807, 2.05) is 0 Å². The average molecular weight is 1080 g/mol. The molecule has 0 bridgehead atoms. The maximum Gasteiger partial charge on any atom is 0.306 e. The van der Waals surface area contributed by atoms with E-state index in [1.165, 1.54) is 205 Å². The highest BCUT2D eigenvalue weighted by Gasteiger charge is 2.19. The summed E-state index contributed by atoms with van der Waals surface area (Å²) in [5, 5.41) is 0. The van der Waals surface area contributed by atoms with Gasteiger partial charge in [0.05, 0.1) is 0 Å². The molecule has 0 radical (unpaired) electrons. The molecule has 0 fully saturated rings. The van der Waals surface area contributed by atoms with Gasteiger partial charge in [0.25, 0.3) is 0 Å². The van der Waals surface area contributed by atoms with Crippen LogP contribution in [-0.2, 0) is 28.6 Å². The van der Waals surface area contributed by atoms with E-state index >= 15 is 0 Å². The minimum Gasteiger partial charge on any atom is -0.462 e. The zero-order valence-electron chi connectivity index (χ0n) is 51.2. The smallest absolute Gasteiger partial charge is 0.306 e. The molecule has 1 unspecified atom stereocenters. The van der Waals surface area contributed by atoms with Crippen molar-refractivity contribution in [2.45, 2.75) is 348 Å². The van der Waals surface area contributed by atoms with Gasteiger partial charge in [0.2, 0.25) is 0 Å². The summed E-state index contributed by atoms with van der Waals surface area (Å²) in [4.78, 5) is 38.1. The summed E-state index contributed by atoms with van der Waals surface area (Å²) in [6, 6.07) is 0. The van der Waals surface area contributed by atoms with Gasteiger partial charge in [-0.05, 0) is 70.6 Å². The van der Waals surface area contributed by atoms with Gasteiger partial charge in [0.15, 0.2) is 6.10 Å². The molecule has 6 heteroatoms. The second-order valence-electron chi connectivity index (χ2n) is 22.4. The third-order valence-electron chi connectivity index (χ3n) is 14.7. The molecule has 0 aliphatic heterocycles. The molecule has 0 amide bonds. The van der Waals surface area contributed by atoms with E-state index in [2.05, 4.69) is 93.7 Å². The van der Waals surface area contributed by atoms with Crippen molar-refractivity contribution in [3.05, 3.63) is 72.9 Å². The minimum absolute atomic E-state index is 0.0687. The zero-order valence-corrected chi connectivity index (χ0v) is 51.2. The number of carbonyl (C=O) groups is 3. The molecule has 0 spiro atoms. The fourth-order valence-corrected chi connectivity index (χ4v) is 9.74. The zero-order chi connectivity index (χ0) is 55.7. The molecule has 0 aliphatic carbocycles. The van der Waals surface area contributed by atoms with Gasteiger partial charge in [0, 0.05) is 19.3 Å². The predicted molar refractivity (Wildman–Crippen MR) is 335 cm³/mol. The lowest BCUT2D eigenvalue weighted by molar-refractivity contribution is -0.167. The van der Waals surface area contributed by atoms with Crippen LogP contribution in [0.2, 0.25) is 0 Å². The second kappa shape index (κ2) is 65.4. The fraction of sp³-hybridized carbons (Fsp3) is 0.789. The van der Waals surface area contributed by atoms with Gasteiger partial charge >= 0.3 is 17.9 Å². The van der Waals surface area contributed by atoms with Crippen LogP contribution in [0.5, 0.6) is 0 Å². The fourth-order valence-electron chi connectivity index (χ4n) is 9.74. The third-order valence-corrected chi connectivity index (χ3v) is 14.7. The minimum atomic E-state index is -0.768. The van der Waals surface area contributed by atoms with Gasteiger partial charge in [-0.1, -0.05) is 325 Å². The van der Waals surface area contributed by atoms with E-state index in [9.17, 15) is 14.4 Å². The van der Waals surface area contributed by atoms with Gasteiger partial charge < -0.3 is 14.2 Å². The first-order valence-corrected chi connectivity index (χ1v) is 33.4. The Morgan fingerprint density at radius 2 is 0.506 bits per heavy atom. The van der Waals surface area contributed by atoms with E-state index in [1.54, 1.807) is 0 Å². The summed E-state index contributed by atoms with van der Waals surface area (Å²) >= 11 is 0. The number of carbonyl (C=O) groups excluding carboxylic acids is 3. The van der Waals surface area contributed by atoms with Crippen LogP contribution in [-0.4, -0.2) is 37.2 Å². The molecule has 0 aromatic rings. The number of esters is 3. The highest BCUT2D eigenvalue weighted by molar-refractivity contribution is 5.71. The van der Waals surface area contributed by atoms with Crippen LogP contribution in [0.3, 0.4) is 0 Å². The normalized spacial score (nSPS) is 12.5. The first-order chi connectivity index (χ1) is 38.0. The molecule has 0 aliphatic rings. The molecule has 77 heavy (non-hydrogen) atoms. The monoisotopic (exact) mass is 1070 g/mol. The molecule has 0 rings (SSSR count). The van der Waals surface area contributed by atoms with Gasteiger partial charge in [-0.2, -0.15) is 0 Å². The quantitative estimate of drug-likeness (QED) is 0.0261. The topological polar surface area (TPSA) is 78.9 Å². The Morgan fingerprint density at radius 3 is 0.792 bits per heavy atom. The Kier molecular flexibility index (Phi) is 62.7. The van der Waals surface area contributed by atoms with Crippen molar-refractivity contribution in [1.82, 2.24) is 0 Å². The summed E-state index contributed by atoms with van der Waals surface area (Å²) in [7, 11) is 0. The van der Waals surface area contributed by atoms with E-state index in [0.717, 1.165) is 96.3 Å². The van der Waals surface area contributed by atoms with Gasteiger partial charge in [-0.3, -0.25) is 14.4 Å². The molecular formula is C71H126O6. The van der Waals surface area contributed by atoms with Crippen molar-refractivity contribution in [3.63, 3.8) is 0 Å². The van der Waals surface area contributed by atoms with E-state index in [-0.39, 0.29) is 31.1 Å². The Balaban J connectivity index is 3.99. The van der Waals surface area contributed by atoms with Crippen LogP contribution >= 0.6 is 0 Å². The first kappa shape index (κ1) is 73.8. The van der Waals surface area contributed by atoms with Gasteiger partial charge in [0.1, 0.15) is 13.2 Å². The standard InChI is InChI=1S/C71H126O6/c1-4-7-10-13-16-18-20-22-24-26-27-28-29-30-31-32-33-34-35-36-37-38-39-40-41-42-43-45-46-48-50-52-55-58-61-64-70(73)76-67-68(66-75-69(72)63-60-57-54-15-12-9-6-3)77-71(74)65-62-59-56-53-51-49-47-44-25-23-21-19-17-14-11-8-5-2/h7,10,16,18,22,24,27-28,30-31,33-34,68H,4-6,8-9,11-15,17,19-21,23,25-26,29,32,35-67H2,1-3H3/b10-7-,18-16-,24-22-,28-27-,31-30-,34-33-. The number of ether oxygens (including phenoxy) is 3. The third kappa shape index (κ3) is 63.6. The molecule has 6 nitrogen and oxygen atoms in total. The van der Waals surface area contributed by atoms with Crippen LogP contribution in [0, 0.1) is 0 Å². The lowest BCUT2D eigenvalue weighted by Gasteiger charge is -2.18. The number of hydrogen-bond donors (Lipinski definition) is 0. The molecule has 0 aromatic heterocycles. The predicted octanol–water partition coefficient (Wildman–Crippen LogP) is 22.9. The average Bonchev–Trinajstić information content (AvgIpc) is 3.43. The number of unbranched alkanes of at least 4 members (excludes halogenated alkanes) is 38. The van der Waals surface area contributed by atoms with Crippen molar-refractivity contribution in [2.24, 2.45) is 0 Å². The summed E-state index contributed by atoms with van der Waals surface area (Å²) in [6.45, 7) is 6.53. The van der Waals surface area contributed by atoms with Crippen LogP contribution in [0.25, 0.3) is 0 Å². The van der Waals surface area contributed by atoms with Crippen molar-refractivity contribution in [3.8, 4) is 0 Å². The summed E-state index contributed by atoms with van der Waals surface area (Å²) < 4.78 is 16.9. The van der Waals surface area contributed by atoms with Crippen LogP contribution in [0.15, 0.2) is 72.9 Å².